The lowest BCUT2D eigenvalue weighted by Gasteiger charge is -2.24. The summed E-state index contributed by atoms with van der Waals surface area (Å²) in [6, 6.07) is 10.2. The van der Waals surface area contributed by atoms with Crippen molar-refractivity contribution < 1.29 is 4.79 Å². The number of carbonyl (C=O) groups is 1. The zero-order chi connectivity index (χ0) is 14.5. The number of unbranched alkanes of at least 4 members (excludes halogenated alkanes) is 1. The van der Waals surface area contributed by atoms with Crippen LogP contribution in [0.2, 0.25) is 0 Å². The van der Waals surface area contributed by atoms with Crippen LogP contribution in [0.1, 0.15) is 51.8 Å². The van der Waals surface area contributed by atoms with Crippen molar-refractivity contribution in [3.8, 4) is 0 Å². The summed E-state index contributed by atoms with van der Waals surface area (Å²) in [5.74, 6) is 0.967. The minimum absolute atomic E-state index is 0.0396. The van der Waals surface area contributed by atoms with Crippen LogP contribution in [0.15, 0.2) is 30.3 Å². The Balaban J connectivity index is 1.98. The molecule has 1 aromatic carbocycles. The standard InChI is InChI=1S/C17H26N2O/c1-13(2)9-7-8-12-19-16(18-14(3)17(19)20)15-10-5-4-6-11-15/h4-6,10-11,13-14,16,18H,7-9,12H2,1-3H3. The van der Waals surface area contributed by atoms with Crippen LogP contribution in [-0.4, -0.2) is 23.4 Å². The van der Waals surface area contributed by atoms with E-state index in [1.807, 2.05) is 30.0 Å². The van der Waals surface area contributed by atoms with Crippen LogP contribution in [0.25, 0.3) is 0 Å². The molecule has 3 nitrogen and oxygen atoms in total. The molecule has 110 valence electrons. The predicted octanol–water partition coefficient (Wildman–Crippen LogP) is 3.33. The van der Waals surface area contributed by atoms with E-state index >= 15 is 0 Å². The van der Waals surface area contributed by atoms with Gasteiger partial charge < -0.3 is 4.90 Å². The summed E-state index contributed by atoms with van der Waals surface area (Å²) in [6.07, 6.45) is 3.55. The molecule has 1 amide bonds. The second-order valence-corrected chi connectivity index (χ2v) is 6.12. The van der Waals surface area contributed by atoms with Crippen LogP contribution in [0, 0.1) is 5.92 Å². The second kappa shape index (κ2) is 6.89. The third kappa shape index (κ3) is 3.60. The van der Waals surface area contributed by atoms with Gasteiger partial charge in [0.2, 0.25) is 5.91 Å². The molecule has 1 fully saturated rings. The number of carbonyl (C=O) groups excluding carboxylic acids is 1. The summed E-state index contributed by atoms with van der Waals surface area (Å²) >= 11 is 0. The van der Waals surface area contributed by atoms with Crippen LogP contribution in [0.5, 0.6) is 0 Å². The van der Waals surface area contributed by atoms with E-state index in [-0.39, 0.29) is 18.1 Å². The molecule has 0 aliphatic carbocycles. The van der Waals surface area contributed by atoms with E-state index in [9.17, 15) is 4.79 Å². The largest absolute Gasteiger partial charge is 0.322 e. The molecule has 0 saturated carbocycles. The Bertz CT molecular complexity index is 430. The molecule has 1 saturated heterocycles. The minimum atomic E-state index is -0.0784. The van der Waals surface area contributed by atoms with Crippen molar-refractivity contribution in [2.45, 2.75) is 52.2 Å². The molecule has 0 bridgehead atoms. The molecule has 0 radical (unpaired) electrons. The molecule has 2 atom stereocenters. The Hall–Kier alpha value is -1.35. The first kappa shape index (κ1) is 15.0. The highest BCUT2D eigenvalue weighted by Crippen LogP contribution is 2.25. The second-order valence-electron chi connectivity index (χ2n) is 6.12. The normalized spacial score (nSPS) is 22.8. The van der Waals surface area contributed by atoms with Gasteiger partial charge in [0.25, 0.3) is 0 Å². The molecule has 20 heavy (non-hydrogen) atoms. The topological polar surface area (TPSA) is 32.3 Å². The maximum Gasteiger partial charge on any atom is 0.241 e. The van der Waals surface area contributed by atoms with Gasteiger partial charge in [0, 0.05) is 6.54 Å². The van der Waals surface area contributed by atoms with Gasteiger partial charge >= 0.3 is 0 Å². The zero-order valence-corrected chi connectivity index (χ0v) is 12.8. The number of amides is 1. The minimum Gasteiger partial charge on any atom is -0.322 e. The first-order valence-electron chi connectivity index (χ1n) is 7.71. The molecule has 1 heterocycles. The van der Waals surface area contributed by atoms with E-state index in [0.29, 0.717) is 0 Å². The summed E-state index contributed by atoms with van der Waals surface area (Å²) in [5.41, 5.74) is 1.18. The summed E-state index contributed by atoms with van der Waals surface area (Å²) in [6.45, 7) is 7.30. The van der Waals surface area contributed by atoms with Crippen molar-refractivity contribution in [1.82, 2.24) is 10.2 Å². The van der Waals surface area contributed by atoms with Crippen molar-refractivity contribution in [1.29, 1.82) is 0 Å². The average Bonchev–Trinajstić information content (AvgIpc) is 2.72. The van der Waals surface area contributed by atoms with Gasteiger partial charge in [-0.25, -0.2) is 0 Å². The molecule has 1 aliphatic heterocycles. The van der Waals surface area contributed by atoms with Crippen LogP contribution in [0.4, 0.5) is 0 Å². The Morgan fingerprint density at radius 2 is 1.90 bits per heavy atom. The van der Waals surface area contributed by atoms with Gasteiger partial charge in [-0.3, -0.25) is 10.1 Å². The molecule has 2 unspecified atom stereocenters. The molecule has 2 rings (SSSR count). The average molecular weight is 274 g/mol. The SMILES string of the molecule is CC(C)CCCCN1C(=O)C(C)NC1c1ccccc1. The molecule has 1 N–H and O–H groups in total. The summed E-state index contributed by atoms with van der Waals surface area (Å²) in [7, 11) is 0. The van der Waals surface area contributed by atoms with Crippen LogP contribution in [-0.2, 0) is 4.79 Å². The Morgan fingerprint density at radius 1 is 1.20 bits per heavy atom. The summed E-state index contributed by atoms with van der Waals surface area (Å²) in [4.78, 5) is 14.3. The van der Waals surface area contributed by atoms with E-state index in [1.165, 1.54) is 18.4 Å². The lowest BCUT2D eigenvalue weighted by Crippen LogP contribution is -2.31. The lowest BCUT2D eigenvalue weighted by molar-refractivity contribution is -0.129. The Labute approximate surface area is 122 Å². The van der Waals surface area contributed by atoms with Crippen LogP contribution < -0.4 is 5.32 Å². The first-order chi connectivity index (χ1) is 9.59. The molecule has 0 aromatic heterocycles. The van der Waals surface area contributed by atoms with E-state index in [1.54, 1.807) is 0 Å². The highest BCUT2D eigenvalue weighted by Gasteiger charge is 2.36. The lowest BCUT2D eigenvalue weighted by atomic mass is 10.1. The van der Waals surface area contributed by atoms with Crippen LogP contribution >= 0.6 is 0 Å². The van der Waals surface area contributed by atoms with Crippen molar-refractivity contribution in [2.24, 2.45) is 5.92 Å². The Kier molecular flexibility index (Phi) is 5.18. The quantitative estimate of drug-likeness (QED) is 0.807. The first-order valence-corrected chi connectivity index (χ1v) is 7.71. The number of nitrogens with zero attached hydrogens (tertiary/aromatic N) is 1. The fourth-order valence-electron chi connectivity index (χ4n) is 2.76. The van der Waals surface area contributed by atoms with Gasteiger partial charge in [-0.05, 0) is 24.8 Å². The Morgan fingerprint density at radius 3 is 2.55 bits per heavy atom. The van der Waals surface area contributed by atoms with Crippen LogP contribution in [0.3, 0.4) is 0 Å². The molecule has 3 heteroatoms. The molecule has 1 aromatic rings. The van der Waals surface area contributed by atoms with E-state index in [0.717, 1.165) is 18.9 Å². The predicted molar refractivity (Wildman–Crippen MR) is 82.2 cm³/mol. The molecule has 0 spiro atoms. The van der Waals surface area contributed by atoms with Gasteiger partial charge in [-0.15, -0.1) is 0 Å². The molecular weight excluding hydrogens is 248 g/mol. The van der Waals surface area contributed by atoms with Gasteiger partial charge in [-0.2, -0.15) is 0 Å². The van der Waals surface area contributed by atoms with E-state index < -0.39 is 0 Å². The number of rotatable bonds is 6. The molecular formula is C17H26N2O. The van der Waals surface area contributed by atoms with Crippen molar-refractivity contribution in [3.05, 3.63) is 35.9 Å². The van der Waals surface area contributed by atoms with Gasteiger partial charge in [0.1, 0.15) is 6.17 Å². The highest BCUT2D eigenvalue weighted by molar-refractivity contribution is 5.84. The van der Waals surface area contributed by atoms with E-state index in [2.05, 4.69) is 31.3 Å². The summed E-state index contributed by atoms with van der Waals surface area (Å²) < 4.78 is 0. The fourth-order valence-corrected chi connectivity index (χ4v) is 2.76. The van der Waals surface area contributed by atoms with Crippen molar-refractivity contribution >= 4 is 5.91 Å². The number of hydrogen-bond donors (Lipinski definition) is 1. The maximum absolute atomic E-state index is 12.3. The van der Waals surface area contributed by atoms with Crippen molar-refractivity contribution in [2.75, 3.05) is 6.54 Å². The third-order valence-electron chi connectivity index (χ3n) is 3.92. The van der Waals surface area contributed by atoms with E-state index in [4.69, 9.17) is 0 Å². The zero-order valence-electron chi connectivity index (χ0n) is 12.8. The van der Waals surface area contributed by atoms with Gasteiger partial charge in [-0.1, -0.05) is 57.0 Å². The maximum atomic E-state index is 12.3. The third-order valence-corrected chi connectivity index (χ3v) is 3.92. The highest BCUT2D eigenvalue weighted by atomic mass is 16.2. The smallest absolute Gasteiger partial charge is 0.241 e. The molecule has 1 aliphatic rings. The number of nitrogens with one attached hydrogen (secondary N) is 1. The fraction of sp³-hybridized carbons (Fsp3) is 0.588. The number of benzene rings is 1. The summed E-state index contributed by atoms with van der Waals surface area (Å²) in [5, 5.41) is 3.40. The van der Waals surface area contributed by atoms with Gasteiger partial charge in [0.05, 0.1) is 6.04 Å². The van der Waals surface area contributed by atoms with Crippen molar-refractivity contribution in [3.63, 3.8) is 0 Å². The monoisotopic (exact) mass is 274 g/mol. The van der Waals surface area contributed by atoms with Gasteiger partial charge in [0.15, 0.2) is 0 Å². The number of hydrogen-bond acceptors (Lipinski definition) is 2.